The molecule has 1 aliphatic rings. The fraction of sp³-hybridized carbons (Fsp3) is 0.167. The number of nitrogens with zero attached hydrogens (tertiary/aromatic N) is 2. The summed E-state index contributed by atoms with van der Waals surface area (Å²) < 4.78 is 18.5. The summed E-state index contributed by atoms with van der Waals surface area (Å²) in [6, 6.07) is 10.3. The average molecular weight is 501 g/mol. The van der Waals surface area contributed by atoms with E-state index >= 15 is 0 Å². The number of ether oxygens (including phenoxy) is 1. The van der Waals surface area contributed by atoms with Gasteiger partial charge in [0, 0.05) is 10.6 Å². The van der Waals surface area contributed by atoms with Crippen molar-refractivity contribution in [3.8, 4) is 0 Å². The maximum absolute atomic E-state index is 13.4. The van der Waals surface area contributed by atoms with E-state index < -0.39 is 35.3 Å². The van der Waals surface area contributed by atoms with Gasteiger partial charge in [0.05, 0.1) is 23.9 Å². The quantitative estimate of drug-likeness (QED) is 0.228. The van der Waals surface area contributed by atoms with Gasteiger partial charge in [-0.3, -0.25) is 14.5 Å². The standard InChI is InChI=1S/C24H18ClFN2O5S/c1-3-33-23(32)21-12(2)27-24(34-21)28-18(14-5-4-6-15(25)11-14)17(20(30)22(28)31)19(29)13-7-9-16(26)10-8-13/h4-11,18,29H,3H2,1-2H3/b19-17+/t18-/m0/s1. The molecule has 1 amide bonds. The van der Waals surface area contributed by atoms with Crippen LogP contribution in [0.1, 0.15) is 39.5 Å². The molecule has 4 rings (SSSR count). The second-order valence-corrected chi connectivity index (χ2v) is 8.78. The molecule has 3 aromatic rings. The Bertz CT molecular complexity index is 1340. The van der Waals surface area contributed by atoms with Crippen molar-refractivity contribution in [3.63, 3.8) is 0 Å². The van der Waals surface area contributed by atoms with E-state index in [1.165, 1.54) is 12.1 Å². The Kier molecular flexibility index (Phi) is 6.49. The van der Waals surface area contributed by atoms with E-state index in [0.29, 0.717) is 16.3 Å². The van der Waals surface area contributed by atoms with Gasteiger partial charge >= 0.3 is 11.9 Å². The number of carbonyl (C=O) groups excluding carboxylic acids is 3. The van der Waals surface area contributed by atoms with E-state index in [9.17, 15) is 23.9 Å². The summed E-state index contributed by atoms with van der Waals surface area (Å²) >= 11 is 7.08. The zero-order valence-corrected chi connectivity index (χ0v) is 19.6. The van der Waals surface area contributed by atoms with Crippen molar-refractivity contribution >= 4 is 51.5 Å². The number of aliphatic hydroxyl groups is 1. The number of rotatable bonds is 5. The highest BCUT2D eigenvalue weighted by Crippen LogP contribution is 2.44. The predicted molar refractivity (Wildman–Crippen MR) is 125 cm³/mol. The number of Topliss-reactive ketones (excluding diaryl/α,β-unsaturated/α-hetero) is 1. The number of carbonyl (C=O) groups is 3. The maximum atomic E-state index is 13.4. The number of thiazole rings is 1. The van der Waals surface area contributed by atoms with Crippen LogP contribution in [0.5, 0.6) is 0 Å². The van der Waals surface area contributed by atoms with Crippen molar-refractivity contribution in [2.24, 2.45) is 0 Å². The third kappa shape index (κ3) is 4.20. The van der Waals surface area contributed by atoms with Crippen molar-refractivity contribution < 1.29 is 28.6 Å². The van der Waals surface area contributed by atoms with Gasteiger partial charge in [-0.05, 0) is 55.8 Å². The number of aliphatic hydroxyl groups excluding tert-OH is 1. The fourth-order valence-corrected chi connectivity index (χ4v) is 4.84. The molecule has 2 heterocycles. The lowest BCUT2D eigenvalue weighted by Crippen LogP contribution is -2.29. The van der Waals surface area contributed by atoms with E-state index in [1.54, 1.807) is 38.1 Å². The van der Waals surface area contributed by atoms with E-state index in [4.69, 9.17) is 16.3 Å². The summed E-state index contributed by atoms with van der Waals surface area (Å²) in [6.45, 7) is 3.42. The zero-order chi connectivity index (χ0) is 24.6. The Labute approximate surface area is 203 Å². The number of hydrogen-bond donors (Lipinski definition) is 1. The number of benzene rings is 2. The molecule has 0 spiro atoms. The van der Waals surface area contributed by atoms with Gasteiger partial charge in [-0.15, -0.1) is 0 Å². The smallest absolute Gasteiger partial charge is 0.350 e. The molecule has 34 heavy (non-hydrogen) atoms. The van der Waals surface area contributed by atoms with Gasteiger partial charge in [0.2, 0.25) is 0 Å². The van der Waals surface area contributed by atoms with E-state index in [0.717, 1.165) is 28.4 Å². The summed E-state index contributed by atoms with van der Waals surface area (Å²) in [5, 5.41) is 11.5. The molecular formula is C24H18ClFN2O5S. The van der Waals surface area contributed by atoms with Crippen molar-refractivity contribution in [3.05, 3.63) is 86.6 Å². The van der Waals surface area contributed by atoms with Crippen LogP contribution in [0.4, 0.5) is 9.52 Å². The summed E-state index contributed by atoms with van der Waals surface area (Å²) in [6.07, 6.45) is 0. The highest BCUT2D eigenvalue weighted by molar-refractivity contribution is 7.17. The lowest BCUT2D eigenvalue weighted by Gasteiger charge is -2.23. The van der Waals surface area contributed by atoms with Crippen LogP contribution in [0.2, 0.25) is 5.02 Å². The first kappa shape index (κ1) is 23.6. The number of anilines is 1. The lowest BCUT2D eigenvalue weighted by atomic mass is 9.95. The van der Waals surface area contributed by atoms with Gasteiger partial charge in [-0.1, -0.05) is 35.1 Å². The van der Waals surface area contributed by atoms with Gasteiger partial charge in [-0.2, -0.15) is 0 Å². The molecule has 1 aromatic heterocycles. The number of aromatic nitrogens is 1. The van der Waals surface area contributed by atoms with Crippen LogP contribution in [0.25, 0.3) is 5.76 Å². The molecule has 0 bridgehead atoms. The second-order valence-electron chi connectivity index (χ2n) is 7.36. The number of aryl methyl sites for hydroxylation is 1. The number of ketones is 1. The topological polar surface area (TPSA) is 96.8 Å². The van der Waals surface area contributed by atoms with E-state index in [2.05, 4.69) is 4.98 Å². The summed E-state index contributed by atoms with van der Waals surface area (Å²) in [4.78, 5) is 44.3. The molecule has 1 fully saturated rings. The molecular weight excluding hydrogens is 483 g/mol. The Morgan fingerprint density at radius 2 is 1.94 bits per heavy atom. The predicted octanol–water partition coefficient (Wildman–Crippen LogP) is 5.05. The SMILES string of the molecule is CCOC(=O)c1sc(N2C(=O)C(=O)/C(=C(/O)c3ccc(F)cc3)[C@@H]2c2cccc(Cl)c2)nc1C. The van der Waals surface area contributed by atoms with Gasteiger partial charge in [0.15, 0.2) is 5.13 Å². The molecule has 0 radical (unpaired) electrons. The zero-order valence-electron chi connectivity index (χ0n) is 18.0. The highest BCUT2D eigenvalue weighted by Gasteiger charge is 2.48. The molecule has 1 aliphatic heterocycles. The van der Waals surface area contributed by atoms with Crippen molar-refractivity contribution in [1.29, 1.82) is 0 Å². The second kappa shape index (κ2) is 9.36. The molecule has 1 saturated heterocycles. The Hall–Kier alpha value is -3.56. The normalized spacial score (nSPS) is 17.3. The molecule has 0 aliphatic carbocycles. The molecule has 0 saturated carbocycles. The Balaban J connectivity index is 1.91. The van der Waals surface area contributed by atoms with Crippen LogP contribution in [0.15, 0.2) is 54.1 Å². The molecule has 7 nitrogen and oxygen atoms in total. The van der Waals surface area contributed by atoms with E-state index in [-0.39, 0.29) is 27.8 Å². The van der Waals surface area contributed by atoms with Crippen molar-refractivity contribution in [1.82, 2.24) is 4.98 Å². The molecule has 174 valence electrons. The van der Waals surface area contributed by atoms with Crippen LogP contribution >= 0.6 is 22.9 Å². The monoisotopic (exact) mass is 500 g/mol. The van der Waals surface area contributed by atoms with Crippen LogP contribution in [-0.2, 0) is 14.3 Å². The minimum absolute atomic E-state index is 0.0887. The first-order valence-corrected chi connectivity index (χ1v) is 11.4. The first-order chi connectivity index (χ1) is 16.2. The highest BCUT2D eigenvalue weighted by atomic mass is 35.5. The Morgan fingerprint density at radius 1 is 1.24 bits per heavy atom. The van der Waals surface area contributed by atoms with Gasteiger partial charge in [-0.25, -0.2) is 14.2 Å². The van der Waals surface area contributed by atoms with Gasteiger partial charge in [0.25, 0.3) is 5.78 Å². The summed E-state index contributed by atoms with van der Waals surface area (Å²) in [5.41, 5.74) is 0.739. The van der Waals surface area contributed by atoms with E-state index in [1.807, 2.05) is 0 Å². The molecule has 1 atom stereocenters. The van der Waals surface area contributed by atoms with Crippen LogP contribution in [0.3, 0.4) is 0 Å². The fourth-order valence-electron chi connectivity index (χ4n) is 3.66. The molecule has 0 unspecified atom stereocenters. The largest absolute Gasteiger partial charge is 0.507 e. The molecule has 1 N–H and O–H groups in total. The third-order valence-electron chi connectivity index (χ3n) is 5.18. The minimum Gasteiger partial charge on any atom is -0.507 e. The van der Waals surface area contributed by atoms with Crippen LogP contribution in [0, 0.1) is 12.7 Å². The summed E-state index contributed by atoms with van der Waals surface area (Å²) in [5.74, 6) is -3.46. The maximum Gasteiger partial charge on any atom is 0.350 e. The van der Waals surface area contributed by atoms with Crippen LogP contribution < -0.4 is 4.90 Å². The summed E-state index contributed by atoms with van der Waals surface area (Å²) in [7, 11) is 0. The lowest BCUT2D eigenvalue weighted by molar-refractivity contribution is -0.132. The molecule has 10 heteroatoms. The first-order valence-electron chi connectivity index (χ1n) is 10.2. The van der Waals surface area contributed by atoms with Gasteiger partial charge < -0.3 is 9.84 Å². The number of halogens is 2. The number of hydrogen-bond acceptors (Lipinski definition) is 7. The Morgan fingerprint density at radius 3 is 2.59 bits per heavy atom. The average Bonchev–Trinajstić information content (AvgIpc) is 3.31. The number of amides is 1. The third-order valence-corrected chi connectivity index (χ3v) is 6.55. The van der Waals surface area contributed by atoms with Crippen molar-refractivity contribution in [2.45, 2.75) is 19.9 Å². The number of esters is 1. The van der Waals surface area contributed by atoms with Crippen molar-refractivity contribution in [2.75, 3.05) is 11.5 Å². The van der Waals surface area contributed by atoms with Crippen LogP contribution in [-0.4, -0.2) is 34.4 Å². The molecule has 2 aromatic carbocycles. The minimum atomic E-state index is -1.08. The van der Waals surface area contributed by atoms with Gasteiger partial charge in [0.1, 0.15) is 16.5 Å².